The minimum Gasteiger partial charge on any atom is -0.366 e. The molecule has 0 aliphatic rings. The lowest BCUT2D eigenvalue weighted by Crippen LogP contribution is -2.44. The number of rotatable bonds is 4. The Bertz CT molecular complexity index is 392. The van der Waals surface area contributed by atoms with Crippen molar-refractivity contribution in [2.45, 2.75) is 19.4 Å². The van der Waals surface area contributed by atoms with Gasteiger partial charge in [-0.25, -0.2) is 0 Å². The van der Waals surface area contributed by atoms with Crippen LogP contribution < -0.4 is 5.32 Å². The van der Waals surface area contributed by atoms with Crippen LogP contribution in [0.3, 0.4) is 0 Å². The number of aromatic nitrogens is 2. The van der Waals surface area contributed by atoms with E-state index in [0.29, 0.717) is 17.9 Å². The molecule has 0 saturated carbocycles. The van der Waals surface area contributed by atoms with Crippen molar-refractivity contribution in [1.29, 1.82) is 5.26 Å². The van der Waals surface area contributed by atoms with E-state index in [0.717, 1.165) is 0 Å². The van der Waals surface area contributed by atoms with Gasteiger partial charge in [0.05, 0.1) is 11.8 Å². The van der Waals surface area contributed by atoms with Crippen molar-refractivity contribution in [2.75, 3.05) is 26.0 Å². The van der Waals surface area contributed by atoms with E-state index in [1.54, 1.807) is 6.07 Å². The fourth-order valence-corrected chi connectivity index (χ4v) is 1.01. The highest BCUT2D eigenvalue weighted by atomic mass is 15.2. The highest BCUT2D eigenvalue weighted by Crippen LogP contribution is 2.13. The Morgan fingerprint density at radius 2 is 2.19 bits per heavy atom. The van der Waals surface area contributed by atoms with Crippen molar-refractivity contribution < 1.29 is 0 Å². The molecule has 0 saturated heterocycles. The molecule has 0 fully saturated rings. The fraction of sp³-hybridized carbons (Fsp3) is 0.545. The monoisotopic (exact) mass is 219 g/mol. The van der Waals surface area contributed by atoms with Crippen molar-refractivity contribution in [3.05, 3.63) is 17.8 Å². The summed E-state index contributed by atoms with van der Waals surface area (Å²) in [7, 11) is 4.03. The smallest absolute Gasteiger partial charge is 0.166 e. The molecule has 86 valence electrons. The predicted octanol–water partition coefficient (Wildman–Crippen LogP) is 1.10. The molecule has 0 aromatic carbocycles. The highest BCUT2D eigenvalue weighted by molar-refractivity contribution is 5.50. The van der Waals surface area contributed by atoms with E-state index in [9.17, 15) is 0 Å². The molecule has 1 aromatic heterocycles. The van der Waals surface area contributed by atoms with Crippen LogP contribution in [-0.4, -0.2) is 41.3 Å². The summed E-state index contributed by atoms with van der Waals surface area (Å²) >= 11 is 0. The average molecular weight is 219 g/mol. The molecule has 0 amide bonds. The van der Waals surface area contributed by atoms with Gasteiger partial charge in [-0.2, -0.15) is 10.4 Å². The summed E-state index contributed by atoms with van der Waals surface area (Å²) in [6.45, 7) is 4.93. The van der Waals surface area contributed by atoms with Crippen molar-refractivity contribution >= 4 is 5.82 Å². The number of likely N-dealkylation sites (N-methyl/N-ethyl adjacent to an activating group) is 1. The summed E-state index contributed by atoms with van der Waals surface area (Å²) in [5.74, 6) is 0.542. The van der Waals surface area contributed by atoms with Gasteiger partial charge in [-0.1, -0.05) is 0 Å². The maximum Gasteiger partial charge on any atom is 0.166 e. The second-order valence-electron chi connectivity index (χ2n) is 4.47. The van der Waals surface area contributed by atoms with Gasteiger partial charge in [-0.3, -0.25) is 0 Å². The zero-order valence-corrected chi connectivity index (χ0v) is 10.2. The first-order valence-corrected chi connectivity index (χ1v) is 5.10. The molecule has 0 atom stereocenters. The standard InChI is InChI=1S/C11H17N5/c1-11(2,16(3)4)8-13-10-9(7-12)5-6-14-15-10/h5-6H,8H2,1-4H3,(H,13,15). The summed E-state index contributed by atoms with van der Waals surface area (Å²) in [6, 6.07) is 3.73. The molecule has 1 aromatic rings. The van der Waals surface area contributed by atoms with Gasteiger partial charge in [-0.15, -0.1) is 5.10 Å². The minimum absolute atomic E-state index is 0.00968. The maximum absolute atomic E-state index is 8.89. The van der Waals surface area contributed by atoms with E-state index in [4.69, 9.17) is 5.26 Å². The van der Waals surface area contributed by atoms with Gasteiger partial charge in [0.25, 0.3) is 0 Å². The van der Waals surface area contributed by atoms with Gasteiger partial charge in [0.2, 0.25) is 0 Å². The molecule has 1 rings (SSSR count). The number of nitrogens with zero attached hydrogens (tertiary/aromatic N) is 4. The quantitative estimate of drug-likeness (QED) is 0.821. The van der Waals surface area contributed by atoms with Gasteiger partial charge in [-0.05, 0) is 34.0 Å². The SMILES string of the molecule is CN(C)C(C)(C)CNc1nnccc1C#N. The van der Waals surface area contributed by atoms with Crippen LogP contribution in [0.1, 0.15) is 19.4 Å². The molecule has 0 spiro atoms. The molecular weight excluding hydrogens is 202 g/mol. The van der Waals surface area contributed by atoms with Crippen LogP contribution in [0.25, 0.3) is 0 Å². The summed E-state index contributed by atoms with van der Waals surface area (Å²) in [5, 5.41) is 19.7. The van der Waals surface area contributed by atoms with Crippen LogP contribution in [0.5, 0.6) is 0 Å². The number of anilines is 1. The normalized spacial score (nSPS) is 11.2. The highest BCUT2D eigenvalue weighted by Gasteiger charge is 2.20. The first-order chi connectivity index (χ1) is 7.47. The molecule has 0 aliphatic carbocycles. The van der Waals surface area contributed by atoms with Crippen molar-refractivity contribution in [2.24, 2.45) is 0 Å². The van der Waals surface area contributed by atoms with Crippen LogP contribution in [0.4, 0.5) is 5.82 Å². The second-order valence-corrected chi connectivity index (χ2v) is 4.47. The van der Waals surface area contributed by atoms with Crippen LogP contribution >= 0.6 is 0 Å². The Morgan fingerprint density at radius 3 is 2.75 bits per heavy atom. The van der Waals surface area contributed by atoms with E-state index in [1.165, 1.54) is 6.20 Å². The zero-order chi connectivity index (χ0) is 12.2. The molecule has 1 heterocycles. The summed E-state index contributed by atoms with van der Waals surface area (Å²) in [4.78, 5) is 2.11. The largest absolute Gasteiger partial charge is 0.366 e. The van der Waals surface area contributed by atoms with Gasteiger partial charge in [0.15, 0.2) is 5.82 Å². The first-order valence-electron chi connectivity index (χ1n) is 5.10. The molecule has 0 unspecified atom stereocenters. The van der Waals surface area contributed by atoms with Crippen LogP contribution in [0, 0.1) is 11.3 Å². The van der Waals surface area contributed by atoms with Gasteiger partial charge in [0, 0.05) is 12.1 Å². The first kappa shape index (κ1) is 12.4. The van der Waals surface area contributed by atoms with Gasteiger partial charge in [0.1, 0.15) is 6.07 Å². The summed E-state index contributed by atoms with van der Waals surface area (Å²) < 4.78 is 0. The molecule has 0 aliphatic heterocycles. The van der Waals surface area contributed by atoms with Crippen LogP contribution in [-0.2, 0) is 0 Å². The molecule has 1 N–H and O–H groups in total. The number of hydrogen-bond donors (Lipinski definition) is 1. The fourth-order valence-electron chi connectivity index (χ4n) is 1.01. The molecule has 5 heteroatoms. The molecule has 16 heavy (non-hydrogen) atoms. The molecule has 0 bridgehead atoms. The third-order valence-corrected chi connectivity index (χ3v) is 2.74. The van der Waals surface area contributed by atoms with Crippen LogP contribution in [0.15, 0.2) is 12.3 Å². The predicted molar refractivity (Wildman–Crippen MR) is 63.0 cm³/mol. The molecular formula is C11H17N5. The van der Waals surface area contributed by atoms with E-state index in [-0.39, 0.29) is 5.54 Å². The zero-order valence-electron chi connectivity index (χ0n) is 10.2. The number of hydrogen-bond acceptors (Lipinski definition) is 5. The van der Waals surface area contributed by atoms with E-state index >= 15 is 0 Å². The third-order valence-electron chi connectivity index (χ3n) is 2.74. The van der Waals surface area contributed by atoms with Gasteiger partial charge < -0.3 is 10.2 Å². The van der Waals surface area contributed by atoms with Gasteiger partial charge >= 0.3 is 0 Å². The Kier molecular flexibility index (Phi) is 3.80. The summed E-state index contributed by atoms with van der Waals surface area (Å²) in [6.07, 6.45) is 1.51. The van der Waals surface area contributed by atoms with Crippen LogP contribution in [0.2, 0.25) is 0 Å². The Balaban J connectivity index is 2.72. The lowest BCUT2D eigenvalue weighted by atomic mass is 10.0. The lowest BCUT2D eigenvalue weighted by Gasteiger charge is -2.32. The van der Waals surface area contributed by atoms with E-state index in [2.05, 4.69) is 40.3 Å². The minimum atomic E-state index is -0.00968. The van der Waals surface area contributed by atoms with Crippen molar-refractivity contribution in [3.8, 4) is 6.07 Å². The third kappa shape index (κ3) is 2.91. The Morgan fingerprint density at radius 1 is 1.50 bits per heavy atom. The average Bonchev–Trinajstić information content (AvgIpc) is 2.26. The Labute approximate surface area is 96.1 Å². The second kappa shape index (κ2) is 4.90. The number of nitriles is 1. The summed E-state index contributed by atoms with van der Waals surface area (Å²) in [5.41, 5.74) is 0.508. The van der Waals surface area contributed by atoms with Crippen molar-refractivity contribution in [3.63, 3.8) is 0 Å². The maximum atomic E-state index is 8.89. The topological polar surface area (TPSA) is 64.8 Å². The Hall–Kier alpha value is -1.67. The van der Waals surface area contributed by atoms with E-state index < -0.39 is 0 Å². The van der Waals surface area contributed by atoms with E-state index in [1.807, 2.05) is 14.1 Å². The molecule has 5 nitrogen and oxygen atoms in total. The lowest BCUT2D eigenvalue weighted by molar-refractivity contribution is 0.210. The van der Waals surface area contributed by atoms with Crippen molar-refractivity contribution in [1.82, 2.24) is 15.1 Å². The molecule has 0 radical (unpaired) electrons. The number of nitrogens with one attached hydrogen (secondary N) is 1.